The van der Waals surface area contributed by atoms with Gasteiger partial charge in [0.15, 0.2) is 0 Å². The molecule has 3 aliphatic carbocycles. The molecule has 5 heteroatoms. The fraction of sp³-hybridized carbons (Fsp3) is 0.345. The fourth-order valence-electron chi connectivity index (χ4n) is 5.45. The van der Waals surface area contributed by atoms with E-state index in [1.807, 2.05) is 48.5 Å². The highest BCUT2D eigenvalue weighted by Crippen LogP contribution is 2.60. The number of carbonyl (C=O) groups excluding carboxylic acids is 1. The number of hydrogen-bond acceptors (Lipinski definition) is 5. The van der Waals surface area contributed by atoms with E-state index in [1.54, 1.807) is 24.3 Å². The summed E-state index contributed by atoms with van der Waals surface area (Å²) in [4.78, 5) is 13.2. The van der Waals surface area contributed by atoms with Crippen molar-refractivity contribution in [2.24, 2.45) is 5.92 Å². The van der Waals surface area contributed by atoms with E-state index < -0.39 is 23.1 Å². The number of carbonyl (C=O) groups is 1. The normalized spacial score (nSPS) is 24.3. The summed E-state index contributed by atoms with van der Waals surface area (Å²) in [6, 6.07) is 22.0. The lowest BCUT2D eigenvalue weighted by Crippen LogP contribution is -2.57. The molecule has 2 N–H and O–H groups in total. The van der Waals surface area contributed by atoms with Gasteiger partial charge in [0.25, 0.3) is 0 Å². The summed E-state index contributed by atoms with van der Waals surface area (Å²) >= 11 is 0. The van der Waals surface area contributed by atoms with Crippen molar-refractivity contribution in [3.63, 3.8) is 0 Å². The Kier molecular flexibility index (Phi) is 5.92. The summed E-state index contributed by atoms with van der Waals surface area (Å²) in [5, 5.41) is 24.1. The molecule has 3 unspecified atom stereocenters. The predicted molar refractivity (Wildman–Crippen MR) is 129 cm³/mol. The minimum Gasteiger partial charge on any atom is -0.465 e. The van der Waals surface area contributed by atoms with Crippen LogP contribution < -0.4 is 4.74 Å². The van der Waals surface area contributed by atoms with Gasteiger partial charge < -0.3 is 19.7 Å². The topological polar surface area (TPSA) is 76.0 Å². The molecule has 0 aromatic heterocycles. The molecule has 3 aromatic rings. The van der Waals surface area contributed by atoms with Crippen molar-refractivity contribution in [2.45, 2.75) is 50.2 Å². The van der Waals surface area contributed by atoms with Gasteiger partial charge in [0.05, 0.1) is 12.5 Å². The molecule has 0 heterocycles. The molecule has 0 fully saturated rings. The highest BCUT2D eigenvalue weighted by molar-refractivity contribution is 5.79. The second kappa shape index (κ2) is 8.90. The number of benzene rings is 3. The van der Waals surface area contributed by atoms with Crippen molar-refractivity contribution in [3.05, 3.63) is 95.1 Å². The van der Waals surface area contributed by atoms with Crippen LogP contribution in [-0.4, -0.2) is 22.8 Å². The van der Waals surface area contributed by atoms with Crippen molar-refractivity contribution in [1.29, 1.82) is 0 Å². The van der Waals surface area contributed by atoms with Gasteiger partial charge in [-0.2, -0.15) is 0 Å². The number of ether oxygens (including phenoxy) is 2. The third-order valence-corrected chi connectivity index (χ3v) is 7.14. The zero-order chi connectivity index (χ0) is 23.8. The quantitative estimate of drug-likeness (QED) is 0.349. The lowest BCUT2D eigenvalue weighted by Gasteiger charge is -2.53. The third kappa shape index (κ3) is 3.60. The molecule has 3 aromatic carbocycles. The van der Waals surface area contributed by atoms with Gasteiger partial charge in [-0.25, -0.2) is 0 Å². The van der Waals surface area contributed by atoms with E-state index in [2.05, 4.69) is 6.92 Å². The molecule has 2 bridgehead atoms. The molecule has 34 heavy (non-hydrogen) atoms. The molecule has 0 amide bonds. The highest BCUT2D eigenvalue weighted by atomic mass is 16.5. The van der Waals surface area contributed by atoms with Crippen LogP contribution in [0.4, 0.5) is 0 Å². The van der Waals surface area contributed by atoms with Crippen LogP contribution in [0.3, 0.4) is 0 Å². The van der Waals surface area contributed by atoms with E-state index in [9.17, 15) is 15.0 Å². The Bertz CT molecular complexity index is 1190. The second-order valence-corrected chi connectivity index (χ2v) is 9.28. The first-order chi connectivity index (χ1) is 16.5. The van der Waals surface area contributed by atoms with E-state index in [4.69, 9.17) is 9.47 Å². The van der Waals surface area contributed by atoms with Gasteiger partial charge in [-0.15, -0.1) is 0 Å². The smallest absolute Gasteiger partial charge is 0.312 e. The van der Waals surface area contributed by atoms with Crippen molar-refractivity contribution in [1.82, 2.24) is 0 Å². The van der Waals surface area contributed by atoms with Crippen LogP contribution in [0.25, 0.3) is 0 Å². The first kappa shape index (κ1) is 22.6. The van der Waals surface area contributed by atoms with Crippen molar-refractivity contribution in [3.8, 4) is 11.5 Å². The molecule has 3 atom stereocenters. The van der Waals surface area contributed by atoms with Gasteiger partial charge in [-0.3, -0.25) is 4.79 Å². The summed E-state index contributed by atoms with van der Waals surface area (Å²) in [5.41, 5.74) is -0.752. The summed E-state index contributed by atoms with van der Waals surface area (Å²) in [5.74, 6) is -0.129. The number of rotatable bonds is 8. The molecule has 176 valence electrons. The number of hydrogen-bond donors (Lipinski definition) is 2. The van der Waals surface area contributed by atoms with E-state index in [0.717, 1.165) is 25.7 Å². The molecule has 0 saturated heterocycles. The van der Waals surface area contributed by atoms with E-state index in [1.165, 1.54) is 0 Å². The number of fused-ring (bicyclic) bond motifs is 1. The van der Waals surface area contributed by atoms with E-state index in [0.29, 0.717) is 40.4 Å². The first-order valence-electron chi connectivity index (χ1n) is 12.1. The maximum atomic E-state index is 13.2. The first-order valence-corrected chi connectivity index (χ1v) is 12.1. The SMILES string of the molecule is CCCCCCOC(=O)C1CC2(O)c3ccccc3C1(O)c1ccc(Oc3ccccc3)cc12. The van der Waals surface area contributed by atoms with E-state index in [-0.39, 0.29) is 6.42 Å². The molecule has 3 aliphatic rings. The molecule has 0 spiro atoms. The van der Waals surface area contributed by atoms with Crippen LogP contribution in [0.5, 0.6) is 11.5 Å². The zero-order valence-electron chi connectivity index (χ0n) is 19.4. The molecule has 5 nitrogen and oxygen atoms in total. The molecule has 0 aliphatic heterocycles. The summed E-state index contributed by atoms with van der Waals surface area (Å²) in [6.45, 7) is 2.45. The monoisotopic (exact) mass is 458 g/mol. The van der Waals surface area contributed by atoms with Crippen LogP contribution >= 0.6 is 0 Å². The number of esters is 1. The minimum atomic E-state index is -1.58. The minimum absolute atomic E-state index is 0.0517. The maximum absolute atomic E-state index is 13.2. The van der Waals surface area contributed by atoms with Crippen molar-refractivity contribution in [2.75, 3.05) is 6.61 Å². The number of aliphatic hydroxyl groups is 2. The Balaban J connectivity index is 1.51. The van der Waals surface area contributed by atoms with Gasteiger partial charge in [0, 0.05) is 6.42 Å². The van der Waals surface area contributed by atoms with E-state index >= 15 is 0 Å². The van der Waals surface area contributed by atoms with Crippen LogP contribution in [0, 0.1) is 5.92 Å². The average Bonchev–Trinajstić information content (AvgIpc) is 2.86. The van der Waals surface area contributed by atoms with Gasteiger partial charge in [-0.1, -0.05) is 74.7 Å². The summed E-state index contributed by atoms with van der Waals surface area (Å²) in [6.07, 6.45) is 4.04. The van der Waals surface area contributed by atoms with Gasteiger partial charge in [0.2, 0.25) is 0 Å². The Hall–Kier alpha value is -3.15. The van der Waals surface area contributed by atoms with Gasteiger partial charge >= 0.3 is 5.97 Å². The number of unbranched alkanes of at least 4 members (excludes halogenated alkanes) is 3. The van der Waals surface area contributed by atoms with Gasteiger partial charge in [-0.05, 0) is 52.9 Å². The Morgan fingerprint density at radius 3 is 2.32 bits per heavy atom. The fourth-order valence-corrected chi connectivity index (χ4v) is 5.45. The summed E-state index contributed by atoms with van der Waals surface area (Å²) in [7, 11) is 0. The lowest BCUT2D eigenvalue weighted by atomic mass is 9.54. The third-order valence-electron chi connectivity index (χ3n) is 7.14. The Morgan fingerprint density at radius 2 is 1.56 bits per heavy atom. The van der Waals surface area contributed by atoms with Crippen LogP contribution in [0.2, 0.25) is 0 Å². The predicted octanol–water partition coefficient (Wildman–Crippen LogP) is 5.41. The highest BCUT2D eigenvalue weighted by Gasteiger charge is 2.62. The van der Waals surface area contributed by atoms with Crippen LogP contribution in [-0.2, 0) is 20.7 Å². The second-order valence-electron chi connectivity index (χ2n) is 9.28. The van der Waals surface area contributed by atoms with Crippen molar-refractivity contribution < 1.29 is 24.5 Å². The number of para-hydroxylation sites is 1. The molecule has 0 radical (unpaired) electrons. The average molecular weight is 459 g/mol. The van der Waals surface area contributed by atoms with Gasteiger partial charge in [0.1, 0.15) is 22.7 Å². The zero-order valence-corrected chi connectivity index (χ0v) is 19.4. The van der Waals surface area contributed by atoms with Crippen molar-refractivity contribution >= 4 is 5.97 Å². The van der Waals surface area contributed by atoms with Crippen LogP contribution in [0.15, 0.2) is 72.8 Å². The Morgan fingerprint density at radius 1 is 0.853 bits per heavy atom. The lowest BCUT2D eigenvalue weighted by molar-refractivity contribution is -0.167. The van der Waals surface area contributed by atoms with Crippen LogP contribution in [0.1, 0.15) is 61.3 Å². The molecular weight excluding hydrogens is 428 g/mol. The molecule has 6 rings (SSSR count). The standard InChI is InChI=1S/C29H30O5/c1-2-3-4-10-17-33-27(30)26-19-28(31)22-13-8-9-14-23(22)29(26,32)24-16-15-21(18-25(24)28)34-20-11-6-5-7-12-20/h5-9,11-16,18,26,31-32H,2-4,10,17,19H2,1H3. The largest absolute Gasteiger partial charge is 0.465 e. The molecular formula is C29H30O5. The molecule has 0 saturated carbocycles. The summed E-state index contributed by atoms with van der Waals surface area (Å²) < 4.78 is 11.6. The maximum Gasteiger partial charge on any atom is 0.312 e. The Labute approximate surface area is 200 Å².